The Hall–Kier alpha value is -1.14. The number of hydrogen-bond acceptors (Lipinski definition) is 5. The summed E-state index contributed by atoms with van der Waals surface area (Å²) in [6.07, 6.45) is 2.49. The first kappa shape index (κ1) is 17.2. The highest BCUT2D eigenvalue weighted by molar-refractivity contribution is 6.30. The van der Waals surface area contributed by atoms with Crippen LogP contribution in [0.25, 0.3) is 0 Å². The first-order valence-corrected chi connectivity index (χ1v) is 7.50. The van der Waals surface area contributed by atoms with Crippen molar-refractivity contribution in [2.24, 2.45) is 11.7 Å². The first-order valence-electron chi connectivity index (χ1n) is 7.12. The summed E-state index contributed by atoms with van der Waals surface area (Å²) in [4.78, 5) is 4.43. The Kier molecular flexibility index (Phi) is 6.20. The number of aromatic nitrogens is 2. The molecule has 1 aliphatic rings. The van der Waals surface area contributed by atoms with Crippen LogP contribution in [0.5, 0.6) is 0 Å². The SMILES string of the molecule is Cl.NC(c1nc(Cc2ccc(Cl)cc2)no1)C1CCOCC1. The van der Waals surface area contributed by atoms with E-state index in [0.29, 0.717) is 29.1 Å². The van der Waals surface area contributed by atoms with E-state index in [9.17, 15) is 0 Å². The molecule has 0 amide bonds. The van der Waals surface area contributed by atoms with E-state index < -0.39 is 0 Å². The molecule has 1 aliphatic heterocycles. The molecule has 1 atom stereocenters. The van der Waals surface area contributed by atoms with Crippen LogP contribution in [0.2, 0.25) is 5.02 Å². The van der Waals surface area contributed by atoms with Crippen molar-refractivity contribution in [3.8, 4) is 0 Å². The molecule has 2 aromatic rings. The van der Waals surface area contributed by atoms with Crippen LogP contribution < -0.4 is 5.73 Å². The minimum atomic E-state index is -0.208. The van der Waals surface area contributed by atoms with Crippen LogP contribution in [-0.4, -0.2) is 23.4 Å². The van der Waals surface area contributed by atoms with E-state index in [-0.39, 0.29) is 18.4 Å². The number of nitrogens with two attached hydrogens (primary N) is 1. The van der Waals surface area contributed by atoms with Crippen LogP contribution in [0.4, 0.5) is 0 Å². The molecule has 2 heterocycles. The second kappa shape index (κ2) is 7.92. The maximum atomic E-state index is 6.23. The third-order valence-electron chi connectivity index (χ3n) is 3.82. The van der Waals surface area contributed by atoms with E-state index >= 15 is 0 Å². The molecule has 2 N–H and O–H groups in total. The molecular weight excluding hydrogens is 325 g/mol. The molecule has 0 saturated carbocycles. The monoisotopic (exact) mass is 343 g/mol. The Balaban J connectivity index is 0.00000176. The number of halogens is 2. The van der Waals surface area contributed by atoms with Crippen molar-refractivity contribution in [2.45, 2.75) is 25.3 Å². The summed E-state index contributed by atoms with van der Waals surface area (Å²) in [6.45, 7) is 1.51. The molecule has 3 rings (SSSR count). The van der Waals surface area contributed by atoms with E-state index in [4.69, 9.17) is 26.6 Å². The summed E-state index contributed by atoms with van der Waals surface area (Å²) < 4.78 is 10.7. The molecule has 5 nitrogen and oxygen atoms in total. The van der Waals surface area contributed by atoms with Crippen LogP contribution in [-0.2, 0) is 11.2 Å². The molecule has 0 aliphatic carbocycles. The van der Waals surface area contributed by atoms with Crippen LogP contribution >= 0.6 is 24.0 Å². The van der Waals surface area contributed by atoms with E-state index in [0.717, 1.165) is 31.6 Å². The lowest BCUT2D eigenvalue weighted by atomic mass is 9.92. The molecule has 22 heavy (non-hydrogen) atoms. The van der Waals surface area contributed by atoms with Gasteiger partial charge in [0.1, 0.15) is 0 Å². The Bertz CT molecular complexity index is 583. The lowest BCUT2D eigenvalue weighted by Crippen LogP contribution is -2.27. The quantitative estimate of drug-likeness (QED) is 0.922. The van der Waals surface area contributed by atoms with Crippen molar-refractivity contribution in [3.63, 3.8) is 0 Å². The van der Waals surface area contributed by atoms with Gasteiger partial charge in [0, 0.05) is 24.7 Å². The fraction of sp³-hybridized carbons (Fsp3) is 0.467. The van der Waals surface area contributed by atoms with Crippen LogP contribution in [0.15, 0.2) is 28.8 Å². The molecule has 0 radical (unpaired) electrons. The summed E-state index contributed by atoms with van der Waals surface area (Å²) in [5, 5.41) is 4.74. The third kappa shape index (κ3) is 4.20. The van der Waals surface area contributed by atoms with Gasteiger partial charge in [0.2, 0.25) is 5.89 Å². The predicted octanol–water partition coefficient (Wildman–Crippen LogP) is 3.16. The zero-order valence-corrected chi connectivity index (χ0v) is 13.6. The van der Waals surface area contributed by atoms with Gasteiger partial charge in [0.15, 0.2) is 5.82 Å². The summed E-state index contributed by atoms with van der Waals surface area (Å²) in [5.41, 5.74) is 7.32. The Morgan fingerprint density at radius 2 is 1.91 bits per heavy atom. The molecule has 1 saturated heterocycles. The Morgan fingerprint density at radius 1 is 1.23 bits per heavy atom. The standard InChI is InChI=1S/C15H18ClN3O2.ClH/c16-12-3-1-10(2-4-12)9-13-18-15(21-19-13)14(17)11-5-7-20-8-6-11;/h1-4,11,14H,5-9,17H2;1H. The van der Waals surface area contributed by atoms with E-state index in [1.807, 2.05) is 24.3 Å². The second-order valence-electron chi connectivity index (χ2n) is 5.33. The molecule has 7 heteroatoms. The van der Waals surface area contributed by atoms with Crippen LogP contribution in [0, 0.1) is 5.92 Å². The van der Waals surface area contributed by atoms with Gasteiger partial charge in [-0.15, -0.1) is 12.4 Å². The Labute approximate surface area is 140 Å². The highest BCUT2D eigenvalue weighted by Gasteiger charge is 2.26. The number of nitrogens with zero attached hydrogens (tertiary/aromatic N) is 2. The number of hydrogen-bond donors (Lipinski definition) is 1. The summed E-state index contributed by atoms with van der Waals surface area (Å²) >= 11 is 5.87. The van der Waals surface area contributed by atoms with Gasteiger partial charge in [0.05, 0.1) is 6.04 Å². The first-order chi connectivity index (χ1) is 10.2. The maximum Gasteiger partial charge on any atom is 0.243 e. The highest BCUT2D eigenvalue weighted by Crippen LogP contribution is 2.27. The smallest absolute Gasteiger partial charge is 0.243 e. The van der Waals surface area contributed by atoms with E-state index in [1.54, 1.807) is 0 Å². The van der Waals surface area contributed by atoms with Gasteiger partial charge >= 0.3 is 0 Å². The normalized spacial score (nSPS) is 17.0. The summed E-state index contributed by atoms with van der Waals surface area (Å²) in [7, 11) is 0. The van der Waals surface area contributed by atoms with Gasteiger partial charge in [-0.1, -0.05) is 28.9 Å². The van der Waals surface area contributed by atoms with Gasteiger partial charge in [-0.2, -0.15) is 4.98 Å². The average molecular weight is 344 g/mol. The minimum Gasteiger partial charge on any atom is -0.381 e. The maximum absolute atomic E-state index is 6.23. The lowest BCUT2D eigenvalue weighted by molar-refractivity contribution is 0.0546. The van der Waals surface area contributed by atoms with Crippen molar-refractivity contribution < 1.29 is 9.26 Å². The lowest BCUT2D eigenvalue weighted by Gasteiger charge is -2.25. The van der Waals surface area contributed by atoms with E-state index in [1.165, 1.54) is 0 Å². The molecule has 1 unspecified atom stereocenters. The van der Waals surface area contributed by atoms with Crippen LogP contribution in [0.1, 0.15) is 36.2 Å². The van der Waals surface area contributed by atoms with Crippen molar-refractivity contribution >= 4 is 24.0 Å². The van der Waals surface area contributed by atoms with Gasteiger partial charge in [-0.05, 0) is 36.5 Å². The third-order valence-corrected chi connectivity index (χ3v) is 4.07. The molecule has 1 aromatic heterocycles. The van der Waals surface area contributed by atoms with Gasteiger partial charge in [-0.25, -0.2) is 0 Å². The second-order valence-corrected chi connectivity index (χ2v) is 5.76. The molecule has 0 bridgehead atoms. The molecule has 120 valence electrons. The summed E-state index contributed by atoms with van der Waals surface area (Å²) in [6, 6.07) is 7.41. The minimum absolute atomic E-state index is 0. The predicted molar refractivity (Wildman–Crippen MR) is 86.3 cm³/mol. The van der Waals surface area contributed by atoms with Crippen molar-refractivity contribution in [2.75, 3.05) is 13.2 Å². The molecular formula is C15H19Cl2N3O2. The fourth-order valence-electron chi connectivity index (χ4n) is 2.54. The van der Waals surface area contributed by atoms with E-state index in [2.05, 4.69) is 10.1 Å². The van der Waals surface area contributed by atoms with Crippen molar-refractivity contribution in [1.82, 2.24) is 10.1 Å². The number of rotatable bonds is 4. The van der Waals surface area contributed by atoms with Gasteiger partial charge in [-0.3, -0.25) is 0 Å². The zero-order chi connectivity index (χ0) is 14.7. The molecule has 0 spiro atoms. The number of ether oxygens (including phenoxy) is 1. The fourth-order valence-corrected chi connectivity index (χ4v) is 2.66. The highest BCUT2D eigenvalue weighted by atomic mass is 35.5. The molecule has 1 aromatic carbocycles. The topological polar surface area (TPSA) is 74.2 Å². The van der Waals surface area contributed by atoms with Gasteiger partial charge < -0.3 is 15.0 Å². The van der Waals surface area contributed by atoms with Crippen molar-refractivity contribution in [1.29, 1.82) is 0 Å². The Morgan fingerprint density at radius 3 is 2.59 bits per heavy atom. The molecule has 1 fully saturated rings. The van der Waals surface area contributed by atoms with Crippen LogP contribution in [0.3, 0.4) is 0 Å². The van der Waals surface area contributed by atoms with Gasteiger partial charge in [0.25, 0.3) is 0 Å². The summed E-state index contributed by atoms with van der Waals surface area (Å²) in [5.74, 6) is 1.52. The van der Waals surface area contributed by atoms with Crippen molar-refractivity contribution in [3.05, 3.63) is 46.6 Å². The largest absolute Gasteiger partial charge is 0.381 e. The average Bonchev–Trinajstić information content (AvgIpc) is 2.98. The number of benzene rings is 1. The zero-order valence-electron chi connectivity index (χ0n) is 12.1.